The second-order valence-corrected chi connectivity index (χ2v) is 5.88. The maximum atomic E-state index is 13.7. The van der Waals surface area contributed by atoms with Gasteiger partial charge in [0, 0.05) is 10.5 Å². The van der Waals surface area contributed by atoms with E-state index in [-0.39, 0.29) is 11.9 Å². The first-order chi connectivity index (χ1) is 8.20. The lowest BCUT2D eigenvalue weighted by Crippen LogP contribution is -2.18. The van der Waals surface area contributed by atoms with E-state index < -0.39 is 0 Å². The summed E-state index contributed by atoms with van der Waals surface area (Å²) in [5.41, 5.74) is 1.19. The summed E-state index contributed by atoms with van der Waals surface area (Å²) in [7, 11) is 0. The molecule has 3 atom stereocenters. The molecule has 0 amide bonds. The molecule has 1 saturated heterocycles. The van der Waals surface area contributed by atoms with Gasteiger partial charge in [-0.25, -0.2) is 9.37 Å². The van der Waals surface area contributed by atoms with Crippen molar-refractivity contribution in [2.75, 3.05) is 0 Å². The Kier molecular flexibility index (Phi) is 1.94. The fourth-order valence-electron chi connectivity index (χ4n) is 2.76. The summed E-state index contributed by atoms with van der Waals surface area (Å²) in [6, 6.07) is 4.26. The van der Waals surface area contributed by atoms with Crippen LogP contribution in [-0.2, 0) is 0 Å². The molecule has 88 valence electrons. The number of hydrogen-bond donors (Lipinski definition) is 2. The van der Waals surface area contributed by atoms with E-state index in [0.29, 0.717) is 11.6 Å². The molecule has 1 aliphatic heterocycles. The molecule has 2 aliphatic rings. The van der Waals surface area contributed by atoms with Crippen LogP contribution in [0.2, 0.25) is 0 Å². The van der Waals surface area contributed by atoms with Crippen LogP contribution in [0.15, 0.2) is 16.6 Å². The van der Waals surface area contributed by atoms with Crippen LogP contribution in [0.25, 0.3) is 11.0 Å². The van der Waals surface area contributed by atoms with E-state index in [1.165, 1.54) is 12.5 Å². The molecule has 1 unspecified atom stereocenters. The normalized spacial score (nSPS) is 30.8. The highest BCUT2D eigenvalue weighted by molar-refractivity contribution is 9.10. The number of benzene rings is 1. The predicted molar refractivity (Wildman–Crippen MR) is 66.1 cm³/mol. The Hall–Kier alpha value is -0.940. The highest BCUT2D eigenvalue weighted by Crippen LogP contribution is 2.45. The molecular formula is C12H11BrFN3. The van der Waals surface area contributed by atoms with E-state index in [0.717, 1.165) is 28.2 Å². The lowest BCUT2D eigenvalue weighted by molar-refractivity contribution is 0.543. The van der Waals surface area contributed by atoms with Gasteiger partial charge in [0.05, 0.1) is 11.6 Å². The third-order valence-electron chi connectivity index (χ3n) is 3.73. The standard InChI is InChI=1S/C12H11BrFN3/c13-6-3-7(14)11-9(4-6)16-12(17-11)10-2-5-1-8(5)15-10/h3-5,8,10,15H,1-2H2,(H,16,17)/t5-,8?,10+/m1/s1. The second-order valence-electron chi connectivity index (χ2n) is 4.96. The number of aromatic nitrogens is 2. The first kappa shape index (κ1) is 10.0. The highest BCUT2D eigenvalue weighted by atomic mass is 79.9. The molecule has 0 radical (unpaired) electrons. The van der Waals surface area contributed by atoms with Gasteiger partial charge in [-0.1, -0.05) is 15.9 Å². The number of H-pyrrole nitrogens is 1. The minimum atomic E-state index is -0.278. The first-order valence-corrected chi connectivity index (χ1v) is 6.61. The van der Waals surface area contributed by atoms with Crippen molar-refractivity contribution >= 4 is 27.0 Å². The Morgan fingerprint density at radius 1 is 1.35 bits per heavy atom. The van der Waals surface area contributed by atoms with Crippen molar-refractivity contribution < 1.29 is 4.39 Å². The van der Waals surface area contributed by atoms with Gasteiger partial charge in [-0.15, -0.1) is 0 Å². The molecule has 1 aromatic heterocycles. The Balaban J connectivity index is 1.79. The van der Waals surface area contributed by atoms with E-state index >= 15 is 0 Å². The molecule has 4 rings (SSSR count). The minimum Gasteiger partial charge on any atom is -0.341 e. The van der Waals surface area contributed by atoms with Gasteiger partial charge in [0.2, 0.25) is 0 Å². The molecule has 2 N–H and O–H groups in total. The van der Waals surface area contributed by atoms with Crippen LogP contribution in [0.3, 0.4) is 0 Å². The lowest BCUT2D eigenvalue weighted by atomic mass is 10.2. The molecule has 2 aromatic rings. The Morgan fingerprint density at radius 3 is 3.00 bits per heavy atom. The van der Waals surface area contributed by atoms with Crippen molar-refractivity contribution in [1.29, 1.82) is 0 Å². The van der Waals surface area contributed by atoms with Crippen LogP contribution in [0.4, 0.5) is 4.39 Å². The summed E-state index contributed by atoms with van der Waals surface area (Å²) < 4.78 is 14.4. The van der Waals surface area contributed by atoms with Crippen LogP contribution < -0.4 is 5.32 Å². The van der Waals surface area contributed by atoms with Crippen LogP contribution in [0.5, 0.6) is 0 Å². The fourth-order valence-corrected chi connectivity index (χ4v) is 3.19. The molecular weight excluding hydrogens is 285 g/mol. The van der Waals surface area contributed by atoms with Crippen molar-refractivity contribution in [2.45, 2.75) is 24.9 Å². The van der Waals surface area contributed by atoms with E-state index in [2.05, 4.69) is 31.2 Å². The average Bonchev–Trinajstić information content (AvgIpc) is 2.76. The molecule has 5 heteroatoms. The van der Waals surface area contributed by atoms with Crippen LogP contribution in [0, 0.1) is 11.7 Å². The van der Waals surface area contributed by atoms with Gasteiger partial charge in [0.15, 0.2) is 5.82 Å². The van der Waals surface area contributed by atoms with Crippen molar-refractivity contribution in [3.8, 4) is 0 Å². The molecule has 2 fully saturated rings. The number of aromatic amines is 1. The number of piperidine rings is 1. The summed E-state index contributed by atoms with van der Waals surface area (Å²) >= 11 is 3.29. The van der Waals surface area contributed by atoms with E-state index in [4.69, 9.17) is 0 Å². The topological polar surface area (TPSA) is 40.7 Å². The molecule has 0 bridgehead atoms. The van der Waals surface area contributed by atoms with Gasteiger partial charge in [-0.3, -0.25) is 0 Å². The zero-order chi connectivity index (χ0) is 11.6. The summed E-state index contributed by atoms with van der Waals surface area (Å²) in [4.78, 5) is 7.59. The van der Waals surface area contributed by atoms with Gasteiger partial charge in [-0.05, 0) is 30.9 Å². The quantitative estimate of drug-likeness (QED) is 0.849. The highest BCUT2D eigenvalue weighted by Gasteiger charge is 2.46. The molecule has 1 saturated carbocycles. The molecule has 0 spiro atoms. The van der Waals surface area contributed by atoms with Crippen LogP contribution in [-0.4, -0.2) is 16.0 Å². The van der Waals surface area contributed by atoms with Crippen LogP contribution in [0.1, 0.15) is 24.7 Å². The Morgan fingerprint density at radius 2 is 2.24 bits per heavy atom. The molecule has 3 nitrogen and oxygen atoms in total. The monoisotopic (exact) mass is 295 g/mol. The van der Waals surface area contributed by atoms with E-state index in [1.807, 2.05) is 6.07 Å². The molecule has 2 heterocycles. The third-order valence-corrected chi connectivity index (χ3v) is 4.19. The third kappa shape index (κ3) is 1.52. The predicted octanol–water partition coefficient (Wildman–Crippen LogP) is 2.89. The molecule has 1 aromatic carbocycles. The number of hydrogen-bond acceptors (Lipinski definition) is 2. The van der Waals surface area contributed by atoms with Crippen molar-refractivity contribution in [2.24, 2.45) is 5.92 Å². The van der Waals surface area contributed by atoms with Gasteiger partial charge < -0.3 is 10.3 Å². The average molecular weight is 296 g/mol. The number of rotatable bonds is 1. The number of nitrogens with one attached hydrogen (secondary N) is 2. The van der Waals surface area contributed by atoms with Gasteiger partial charge in [0.25, 0.3) is 0 Å². The summed E-state index contributed by atoms with van der Waals surface area (Å²) in [5, 5.41) is 3.51. The molecule has 17 heavy (non-hydrogen) atoms. The minimum absolute atomic E-state index is 0.268. The summed E-state index contributed by atoms with van der Waals surface area (Å²) in [6.07, 6.45) is 2.41. The zero-order valence-corrected chi connectivity index (χ0v) is 10.6. The zero-order valence-electron chi connectivity index (χ0n) is 9.00. The van der Waals surface area contributed by atoms with Crippen LogP contribution >= 0.6 is 15.9 Å². The van der Waals surface area contributed by atoms with Gasteiger partial charge >= 0.3 is 0 Å². The number of fused-ring (bicyclic) bond motifs is 2. The van der Waals surface area contributed by atoms with Crippen molar-refractivity contribution in [3.63, 3.8) is 0 Å². The number of imidazole rings is 1. The maximum absolute atomic E-state index is 13.7. The molecule has 1 aliphatic carbocycles. The van der Waals surface area contributed by atoms with E-state index in [9.17, 15) is 4.39 Å². The second kappa shape index (κ2) is 3.29. The fraction of sp³-hybridized carbons (Fsp3) is 0.417. The SMILES string of the molecule is Fc1cc(Br)cc2[nH]c([C@@H]3C[C@H]4CC4N3)nc12. The van der Waals surface area contributed by atoms with Gasteiger partial charge in [0.1, 0.15) is 11.3 Å². The number of halogens is 2. The van der Waals surface area contributed by atoms with E-state index in [1.54, 1.807) is 0 Å². The summed E-state index contributed by atoms with van der Waals surface area (Å²) in [5.74, 6) is 1.40. The maximum Gasteiger partial charge on any atom is 0.152 e. The largest absolute Gasteiger partial charge is 0.341 e. The first-order valence-electron chi connectivity index (χ1n) is 5.81. The Bertz CT molecular complexity index is 599. The number of nitrogens with zero attached hydrogens (tertiary/aromatic N) is 1. The summed E-state index contributed by atoms with van der Waals surface area (Å²) in [6.45, 7) is 0. The van der Waals surface area contributed by atoms with Crippen molar-refractivity contribution in [1.82, 2.24) is 15.3 Å². The lowest BCUT2D eigenvalue weighted by Gasteiger charge is -2.08. The smallest absolute Gasteiger partial charge is 0.152 e. The Labute approximate surface area is 106 Å². The van der Waals surface area contributed by atoms with Gasteiger partial charge in [-0.2, -0.15) is 0 Å². The van der Waals surface area contributed by atoms with Crippen molar-refractivity contribution in [3.05, 3.63) is 28.2 Å².